The van der Waals surface area contributed by atoms with Gasteiger partial charge in [-0.05, 0) is 80.0 Å². The molecule has 1 aliphatic heterocycles. The highest BCUT2D eigenvalue weighted by atomic mass is 16.2. The Morgan fingerprint density at radius 1 is 1.09 bits per heavy atom. The summed E-state index contributed by atoms with van der Waals surface area (Å²) in [6, 6.07) is 7.26. The van der Waals surface area contributed by atoms with Gasteiger partial charge in [0.1, 0.15) is 17.5 Å². The highest BCUT2D eigenvalue weighted by Gasteiger charge is 2.47. The van der Waals surface area contributed by atoms with Gasteiger partial charge in [0.25, 0.3) is 5.91 Å². The molecule has 0 bridgehead atoms. The number of carbonyl (C=O) groups excluding carboxylic acids is 3. The first-order valence-corrected chi connectivity index (χ1v) is 11.0. The van der Waals surface area contributed by atoms with Crippen molar-refractivity contribution in [2.24, 2.45) is 5.41 Å². The third kappa shape index (κ3) is 4.08. The van der Waals surface area contributed by atoms with Gasteiger partial charge in [-0.25, -0.2) is 0 Å². The van der Waals surface area contributed by atoms with Crippen LogP contribution in [0.5, 0.6) is 0 Å². The summed E-state index contributed by atoms with van der Waals surface area (Å²) in [6.45, 7) is 6.72. The fraction of sp³-hybridized carbons (Fsp3) is 0.423. The SMILES string of the molecule is CC#Cc1cc(C)c(C2C(=O)CC3(CCN(C(=O)c4cccnn4)CC3)CC2=O)c(C)c1. The molecule has 6 heteroatoms. The van der Waals surface area contributed by atoms with Crippen LogP contribution in [-0.2, 0) is 9.59 Å². The Labute approximate surface area is 188 Å². The molecule has 4 rings (SSSR count). The molecule has 1 aromatic carbocycles. The Morgan fingerprint density at radius 3 is 2.25 bits per heavy atom. The van der Waals surface area contributed by atoms with Gasteiger partial charge in [-0.1, -0.05) is 5.92 Å². The average molecular weight is 430 g/mol. The van der Waals surface area contributed by atoms with Gasteiger partial charge >= 0.3 is 0 Å². The summed E-state index contributed by atoms with van der Waals surface area (Å²) < 4.78 is 0. The maximum Gasteiger partial charge on any atom is 0.274 e. The van der Waals surface area contributed by atoms with Gasteiger partial charge in [-0.3, -0.25) is 14.4 Å². The molecule has 1 aromatic heterocycles. The number of amides is 1. The summed E-state index contributed by atoms with van der Waals surface area (Å²) in [6.07, 6.45) is 3.59. The number of aromatic nitrogens is 2. The lowest BCUT2D eigenvalue weighted by molar-refractivity contribution is -0.138. The van der Waals surface area contributed by atoms with Crippen molar-refractivity contribution < 1.29 is 14.4 Å². The minimum absolute atomic E-state index is 0.00419. The van der Waals surface area contributed by atoms with Gasteiger partial charge in [0.2, 0.25) is 0 Å². The molecule has 6 nitrogen and oxygen atoms in total. The maximum atomic E-state index is 13.3. The second-order valence-corrected chi connectivity index (χ2v) is 9.02. The van der Waals surface area contributed by atoms with E-state index in [0.717, 1.165) is 22.3 Å². The number of nitrogens with zero attached hydrogens (tertiary/aromatic N) is 3. The van der Waals surface area contributed by atoms with Crippen LogP contribution in [0.2, 0.25) is 0 Å². The van der Waals surface area contributed by atoms with Crippen molar-refractivity contribution >= 4 is 17.5 Å². The number of benzene rings is 1. The van der Waals surface area contributed by atoms with Crippen LogP contribution in [0.1, 0.15) is 71.3 Å². The van der Waals surface area contributed by atoms with Crippen molar-refractivity contribution in [1.29, 1.82) is 0 Å². The summed E-state index contributed by atoms with van der Waals surface area (Å²) in [5.41, 5.74) is 3.59. The van der Waals surface area contributed by atoms with Gasteiger partial charge < -0.3 is 4.90 Å². The average Bonchev–Trinajstić information content (AvgIpc) is 2.76. The first-order chi connectivity index (χ1) is 15.3. The predicted octanol–water partition coefficient (Wildman–Crippen LogP) is 3.40. The number of likely N-dealkylation sites (tertiary alicyclic amines) is 1. The topological polar surface area (TPSA) is 80.2 Å². The maximum absolute atomic E-state index is 13.3. The molecule has 1 aliphatic carbocycles. The molecule has 1 spiro atoms. The summed E-state index contributed by atoms with van der Waals surface area (Å²) >= 11 is 0. The number of hydrogen-bond donors (Lipinski definition) is 0. The molecule has 0 atom stereocenters. The Hall–Kier alpha value is -3.33. The van der Waals surface area contributed by atoms with Crippen molar-refractivity contribution in [1.82, 2.24) is 15.1 Å². The lowest BCUT2D eigenvalue weighted by Crippen LogP contribution is -2.48. The zero-order valence-corrected chi connectivity index (χ0v) is 18.8. The molecule has 0 N–H and O–H groups in total. The number of ketones is 2. The number of piperidine rings is 1. The highest BCUT2D eigenvalue weighted by Crippen LogP contribution is 2.46. The Morgan fingerprint density at radius 2 is 1.72 bits per heavy atom. The van der Waals surface area contributed by atoms with Crippen LogP contribution in [0.4, 0.5) is 0 Å². The molecule has 2 fully saturated rings. The van der Waals surface area contributed by atoms with E-state index in [-0.39, 0.29) is 22.9 Å². The molecule has 1 amide bonds. The molecule has 2 aromatic rings. The Kier molecular flexibility index (Phi) is 5.92. The van der Waals surface area contributed by atoms with Gasteiger partial charge in [-0.2, -0.15) is 5.10 Å². The molecule has 1 saturated carbocycles. The van der Waals surface area contributed by atoms with Crippen LogP contribution in [0.3, 0.4) is 0 Å². The number of rotatable bonds is 2. The van der Waals surface area contributed by atoms with Crippen molar-refractivity contribution in [3.05, 3.63) is 58.4 Å². The minimum Gasteiger partial charge on any atom is -0.337 e. The predicted molar refractivity (Wildman–Crippen MR) is 120 cm³/mol. The smallest absolute Gasteiger partial charge is 0.274 e. The molecule has 32 heavy (non-hydrogen) atoms. The number of carbonyl (C=O) groups is 3. The minimum atomic E-state index is -0.691. The molecule has 2 heterocycles. The van der Waals surface area contributed by atoms with Gasteiger partial charge in [0.15, 0.2) is 5.69 Å². The third-order valence-corrected chi connectivity index (χ3v) is 6.80. The molecule has 0 radical (unpaired) electrons. The largest absolute Gasteiger partial charge is 0.337 e. The molecule has 2 aliphatic rings. The molecular weight excluding hydrogens is 402 g/mol. The van der Waals surface area contributed by atoms with E-state index in [4.69, 9.17) is 0 Å². The van der Waals surface area contributed by atoms with Gasteiger partial charge in [0.05, 0.1) is 0 Å². The van der Waals surface area contributed by atoms with Crippen molar-refractivity contribution in [2.45, 2.75) is 52.4 Å². The monoisotopic (exact) mass is 429 g/mol. The van der Waals surface area contributed by atoms with Crippen LogP contribution in [0.15, 0.2) is 30.5 Å². The van der Waals surface area contributed by atoms with E-state index < -0.39 is 5.92 Å². The van der Waals surface area contributed by atoms with Crippen LogP contribution in [-0.4, -0.2) is 45.7 Å². The second kappa shape index (κ2) is 8.66. The highest BCUT2D eigenvalue weighted by molar-refractivity contribution is 6.10. The summed E-state index contributed by atoms with van der Waals surface area (Å²) in [5, 5.41) is 7.68. The van der Waals surface area contributed by atoms with Crippen LogP contribution in [0, 0.1) is 31.1 Å². The number of hydrogen-bond acceptors (Lipinski definition) is 5. The number of Topliss-reactive ketones (excluding diaryl/α,β-unsaturated/α-hetero) is 2. The van der Waals surface area contributed by atoms with Crippen molar-refractivity contribution in [3.8, 4) is 11.8 Å². The Balaban J connectivity index is 1.49. The fourth-order valence-electron chi connectivity index (χ4n) is 5.27. The first kappa shape index (κ1) is 21.9. The second-order valence-electron chi connectivity index (χ2n) is 9.02. The van der Waals surface area contributed by atoms with Gasteiger partial charge in [-0.15, -0.1) is 11.0 Å². The van der Waals surface area contributed by atoms with Crippen LogP contribution >= 0.6 is 0 Å². The lowest BCUT2D eigenvalue weighted by atomic mass is 9.62. The Bertz CT molecular complexity index is 1090. The van der Waals surface area contributed by atoms with E-state index >= 15 is 0 Å². The molecule has 1 saturated heterocycles. The summed E-state index contributed by atoms with van der Waals surface area (Å²) in [4.78, 5) is 41.0. The normalized spacial score (nSPS) is 18.4. The van der Waals surface area contributed by atoms with E-state index in [0.29, 0.717) is 44.5 Å². The van der Waals surface area contributed by atoms with E-state index in [1.807, 2.05) is 26.0 Å². The lowest BCUT2D eigenvalue weighted by Gasteiger charge is -2.44. The van der Waals surface area contributed by atoms with Crippen molar-refractivity contribution in [2.75, 3.05) is 13.1 Å². The zero-order chi connectivity index (χ0) is 22.9. The number of aryl methyl sites for hydroxylation is 2. The standard InChI is InChI=1S/C26H27N3O3/c1-4-6-19-13-17(2)23(18(3)14-19)24-21(30)15-26(16-22(24)31)8-11-29(12-9-26)25(32)20-7-5-10-27-28-20/h5,7,10,13-14,24H,8-9,11-12,15-16H2,1-3H3. The zero-order valence-electron chi connectivity index (χ0n) is 18.8. The van der Waals surface area contributed by atoms with Crippen LogP contribution in [0.25, 0.3) is 0 Å². The molecule has 0 unspecified atom stereocenters. The fourth-order valence-corrected chi connectivity index (χ4v) is 5.27. The van der Waals surface area contributed by atoms with E-state index in [1.54, 1.807) is 24.0 Å². The van der Waals surface area contributed by atoms with E-state index in [9.17, 15) is 14.4 Å². The first-order valence-electron chi connectivity index (χ1n) is 11.0. The molecule has 164 valence electrons. The van der Waals surface area contributed by atoms with E-state index in [2.05, 4.69) is 22.0 Å². The molecular formula is C26H27N3O3. The van der Waals surface area contributed by atoms with Crippen LogP contribution < -0.4 is 0 Å². The summed E-state index contributed by atoms with van der Waals surface area (Å²) in [5.74, 6) is 5.10. The quantitative estimate of drug-likeness (QED) is 0.540. The third-order valence-electron chi connectivity index (χ3n) is 6.80. The van der Waals surface area contributed by atoms with Crippen molar-refractivity contribution in [3.63, 3.8) is 0 Å². The van der Waals surface area contributed by atoms with Gasteiger partial charge in [0, 0.05) is 37.7 Å². The van der Waals surface area contributed by atoms with E-state index in [1.165, 1.54) is 6.20 Å². The summed E-state index contributed by atoms with van der Waals surface area (Å²) in [7, 11) is 0.